The van der Waals surface area contributed by atoms with E-state index in [9.17, 15) is 9.90 Å². The Hall–Kier alpha value is -3.30. The standard InChI is InChI=1S/C21H25N7O2/c1-3-17(22)20(30)25-19-13(2)18(26-28(19)15-7-5-4-6-8-15)14-9-23-21(24-10-14)27-11-16(29)12-27/h4-10,16-17,29H,3,11-12,22H2,1-2H3,(H,25,30). The van der Waals surface area contributed by atoms with Gasteiger partial charge in [0, 0.05) is 36.6 Å². The van der Waals surface area contributed by atoms with E-state index in [0.717, 1.165) is 16.8 Å². The summed E-state index contributed by atoms with van der Waals surface area (Å²) in [6.07, 6.45) is 3.64. The van der Waals surface area contributed by atoms with E-state index < -0.39 is 6.04 Å². The van der Waals surface area contributed by atoms with Crippen LogP contribution in [0.3, 0.4) is 0 Å². The molecule has 156 valence electrons. The number of rotatable bonds is 6. The summed E-state index contributed by atoms with van der Waals surface area (Å²) in [4.78, 5) is 23.2. The summed E-state index contributed by atoms with van der Waals surface area (Å²) in [7, 11) is 0. The molecule has 0 saturated carbocycles. The summed E-state index contributed by atoms with van der Waals surface area (Å²) >= 11 is 0. The highest BCUT2D eigenvalue weighted by molar-refractivity contribution is 5.95. The van der Waals surface area contributed by atoms with Gasteiger partial charge in [-0.05, 0) is 25.5 Å². The van der Waals surface area contributed by atoms with Crippen molar-refractivity contribution in [3.05, 3.63) is 48.3 Å². The lowest BCUT2D eigenvalue weighted by atomic mass is 10.1. The first-order chi connectivity index (χ1) is 14.5. The molecule has 1 atom stereocenters. The lowest BCUT2D eigenvalue weighted by molar-refractivity contribution is -0.117. The predicted molar refractivity (Wildman–Crippen MR) is 114 cm³/mol. The second kappa shape index (κ2) is 8.21. The molecule has 3 aromatic rings. The molecule has 0 aliphatic carbocycles. The van der Waals surface area contributed by atoms with Crippen LogP contribution in [-0.2, 0) is 4.79 Å². The summed E-state index contributed by atoms with van der Waals surface area (Å²) < 4.78 is 1.70. The number of hydrogen-bond acceptors (Lipinski definition) is 7. The molecule has 3 heterocycles. The van der Waals surface area contributed by atoms with Crippen molar-refractivity contribution < 1.29 is 9.90 Å². The second-order valence-electron chi connectivity index (χ2n) is 7.40. The van der Waals surface area contributed by atoms with Gasteiger partial charge in [-0.2, -0.15) is 5.10 Å². The second-order valence-corrected chi connectivity index (χ2v) is 7.40. The Labute approximate surface area is 174 Å². The third-order valence-electron chi connectivity index (χ3n) is 5.20. The average molecular weight is 407 g/mol. The van der Waals surface area contributed by atoms with E-state index in [2.05, 4.69) is 15.3 Å². The number of hydrogen-bond donors (Lipinski definition) is 3. The number of β-amino-alcohol motifs (C(OH)–C–C–N with tert-alkyl or cyclic N) is 1. The fraction of sp³-hybridized carbons (Fsp3) is 0.333. The van der Waals surface area contributed by atoms with Crippen molar-refractivity contribution in [1.29, 1.82) is 0 Å². The van der Waals surface area contributed by atoms with Gasteiger partial charge in [-0.3, -0.25) is 4.79 Å². The highest BCUT2D eigenvalue weighted by Crippen LogP contribution is 2.30. The molecular formula is C21H25N7O2. The molecule has 0 radical (unpaired) electrons. The molecule has 1 aliphatic rings. The zero-order valence-corrected chi connectivity index (χ0v) is 17.0. The van der Waals surface area contributed by atoms with E-state index in [1.165, 1.54) is 0 Å². The van der Waals surface area contributed by atoms with Crippen molar-refractivity contribution in [3.63, 3.8) is 0 Å². The molecule has 0 bridgehead atoms. The van der Waals surface area contributed by atoms with Crippen molar-refractivity contribution in [2.45, 2.75) is 32.4 Å². The topological polar surface area (TPSA) is 122 Å². The molecule has 30 heavy (non-hydrogen) atoms. The molecule has 9 nitrogen and oxygen atoms in total. The number of aromatic nitrogens is 4. The molecule has 1 saturated heterocycles. The van der Waals surface area contributed by atoms with Crippen LogP contribution in [0.4, 0.5) is 11.8 Å². The first-order valence-electron chi connectivity index (χ1n) is 9.94. The molecule has 1 fully saturated rings. The fourth-order valence-corrected chi connectivity index (χ4v) is 3.29. The van der Waals surface area contributed by atoms with Gasteiger partial charge < -0.3 is 21.1 Å². The van der Waals surface area contributed by atoms with Crippen LogP contribution in [0.5, 0.6) is 0 Å². The maximum atomic E-state index is 12.5. The Morgan fingerprint density at radius 3 is 2.53 bits per heavy atom. The number of carbonyl (C=O) groups is 1. The van der Waals surface area contributed by atoms with Crippen LogP contribution in [0.1, 0.15) is 18.9 Å². The van der Waals surface area contributed by atoms with Gasteiger partial charge in [-0.25, -0.2) is 14.6 Å². The molecule has 1 aromatic carbocycles. The van der Waals surface area contributed by atoms with Crippen LogP contribution < -0.4 is 16.0 Å². The molecular weight excluding hydrogens is 382 g/mol. The van der Waals surface area contributed by atoms with Crippen LogP contribution in [-0.4, -0.2) is 56.0 Å². The number of aliphatic hydroxyl groups excluding tert-OH is 1. The molecule has 4 rings (SSSR count). The molecule has 9 heteroatoms. The monoisotopic (exact) mass is 407 g/mol. The van der Waals surface area contributed by atoms with Crippen molar-refractivity contribution in [2.75, 3.05) is 23.3 Å². The van der Waals surface area contributed by atoms with Crippen LogP contribution >= 0.6 is 0 Å². The quantitative estimate of drug-likeness (QED) is 0.566. The summed E-state index contributed by atoms with van der Waals surface area (Å²) in [6, 6.07) is 8.98. The summed E-state index contributed by atoms with van der Waals surface area (Å²) in [5, 5.41) is 17.1. The predicted octanol–water partition coefficient (Wildman–Crippen LogP) is 1.49. The van der Waals surface area contributed by atoms with Gasteiger partial charge in [0.2, 0.25) is 11.9 Å². The molecule has 1 amide bonds. The SMILES string of the molecule is CCC(N)C(=O)Nc1c(C)c(-c2cnc(N3CC(O)C3)nc2)nn1-c1ccccc1. The summed E-state index contributed by atoms with van der Waals surface area (Å²) in [5.74, 6) is 0.888. The number of nitrogens with zero attached hydrogens (tertiary/aromatic N) is 5. The van der Waals surface area contributed by atoms with E-state index in [0.29, 0.717) is 37.0 Å². The lowest BCUT2D eigenvalue weighted by Crippen LogP contribution is -2.51. The Balaban J connectivity index is 1.71. The van der Waals surface area contributed by atoms with E-state index in [1.807, 2.05) is 49.1 Å². The highest BCUT2D eigenvalue weighted by Gasteiger charge is 2.27. The molecule has 0 spiro atoms. The number of benzene rings is 1. The first-order valence-corrected chi connectivity index (χ1v) is 9.94. The van der Waals surface area contributed by atoms with Gasteiger partial charge >= 0.3 is 0 Å². The maximum Gasteiger partial charge on any atom is 0.242 e. The van der Waals surface area contributed by atoms with Crippen molar-refractivity contribution >= 4 is 17.7 Å². The third kappa shape index (κ3) is 3.77. The molecule has 2 aromatic heterocycles. The van der Waals surface area contributed by atoms with Crippen LogP contribution in [0, 0.1) is 6.92 Å². The number of amides is 1. The molecule has 1 unspecified atom stereocenters. The van der Waals surface area contributed by atoms with E-state index in [-0.39, 0.29) is 12.0 Å². The van der Waals surface area contributed by atoms with Crippen LogP contribution in [0.15, 0.2) is 42.7 Å². The number of para-hydroxylation sites is 1. The maximum absolute atomic E-state index is 12.5. The fourth-order valence-electron chi connectivity index (χ4n) is 3.29. The van der Waals surface area contributed by atoms with Crippen molar-refractivity contribution in [2.24, 2.45) is 5.73 Å². The van der Waals surface area contributed by atoms with E-state index in [1.54, 1.807) is 17.1 Å². The third-order valence-corrected chi connectivity index (χ3v) is 5.20. The normalized spacial score (nSPS) is 15.0. The van der Waals surface area contributed by atoms with Gasteiger partial charge in [0.15, 0.2) is 0 Å². The number of nitrogens with one attached hydrogen (secondary N) is 1. The smallest absolute Gasteiger partial charge is 0.242 e. The van der Waals surface area contributed by atoms with Crippen molar-refractivity contribution in [1.82, 2.24) is 19.7 Å². The molecule has 4 N–H and O–H groups in total. The Kier molecular flexibility index (Phi) is 5.47. The van der Waals surface area contributed by atoms with Crippen LogP contribution in [0.2, 0.25) is 0 Å². The van der Waals surface area contributed by atoms with Gasteiger partial charge in [0.05, 0.1) is 17.8 Å². The number of aliphatic hydroxyl groups is 1. The Bertz CT molecular complexity index is 1030. The van der Waals surface area contributed by atoms with E-state index >= 15 is 0 Å². The van der Waals surface area contributed by atoms with E-state index in [4.69, 9.17) is 10.8 Å². The van der Waals surface area contributed by atoms with Gasteiger partial charge in [0.25, 0.3) is 0 Å². The highest BCUT2D eigenvalue weighted by atomic mass is 16.3. The van der Waals surface area contributed by atoms with Gasteiger partial charge in [-0.1, -0.05) is 25.1 Å². The molecule has 1 aliphatic heterocycles. The summed E-state index contributed by atoms with van der Waals surface area (Å²) in [5.41, 5.74) is 8.94. The number of anilines is 2. The number of carbonyl (C=O) groups excluding carboxylic acids is 1. The zero-order chi connectivity index (χ0) is 21.3. The van der Waals surface area contributed by atoms with Crippen LogP contribution in [0.25, 0.3) is 16.9 Å². The average Bonchev–Trinajstić information content (AvgIpc) is 3.07. The van der Waals surface area contributed by atoms with Gasteiger partial charge in [0.1, 0.15) is 11.5 Å². The minimum absolute atomic E-state index is 0.257. The summed E-state index contributed by atoms with van der Waals surface area (Å²) in [6.45, 7) is 4.84. The largest absolute Gasteiger partial charge is 0.389 e. The van der Waals surface area contributed by atoms with Crippen molar-refractivity contribution in [3.8, 4) is 16.9 Å². The Morgan fingerprint density at radius 2 is 1.93 bits per heavy atom. The minimum atomic E-state index is -0.596. The number of nitrogens with two attached hydrogens (primary N) is 1. The Morgan fingerprint density at radius 1 is 1.27 bits per heavy atom. The lowest BCUT2D eigenvalue weighted by Gasteiger charge is -2.35. The zero-order valence-electron chi connectivity index (χ0n) is 17.0. The van der Waals surface area contributed by atoms with Gasteiger partial charge in [-0.15, -0.1) is 0 Å². The minimum Gasteiger partial charge on any atom is -0.389 e. The first kappa shape index (κ1) is 20.0.